The second-order valence-corrected chi connectivity index (χ2v) is 2.71. The van der Waals surface area contributed by atoms with Gasteiger partial charge in [0.2, 0.25) is 0 Å². The van der Waals surface area contributed by atoms with Gasteiger partial charge in [0.25, 0.3) is 0 Å². The van der Waals surface area contributed by atoms with Gasteiger partial charge in [0, 0.05) is 0 Å². The molecule has 0 heterocycles. The molecule has 0 aromatic rings. The van der Waals surface area contributed by atoms with Crippen LogP contribution in [-0.2, 0) is 9.57 Å². The zero-order chi connectivity index (χ0) is 8.20. The molecular weight excluding hydrogens is 134 g/mol. The monoisotopic (exact) mass is 149 g/mol. The molecule has 4 nitrogen and oxygen atoms in total. The van der Waals surface area contributed by atoms with E-state index < -0.39 is 5.79 Å². The molecule has 0 aromatic carbocycles. The summed E-state index contributed by atoms with van der Waals surface area (Å²) in [5.41, 5.74) is 0. The van der Waals surface area contributed by atoms with E-state index in [9.17, 15) is 0 Å². The summed E-state index contributed by atoms with van der Waals surface area (Å²) in [6, 6.07) is 0. The van der Waals surface area contributed by atoms with E-state index in [0.717, 1.165) is 0 Å². The van der Waals surface area contributed by atoms with Crippen LogP contribution in [0.15, 0.2) is 0 Å². The average Bonchev–Trinajstić information content (AvgIpc) is 1.59. The van der Waals surface area contributed by atoms with Crippen LogP contribution in [0.5, 0.6) is 0 Å². The maximum absolute atomic E-state index is 9.10. The number of hydrogen-bond acceptors (Lipinski definition) is 4. The van der Waals surface area contributed by atoms with E-state index in [0.29, 0.717) is 0 Å². The fourth-order valence-corrected chi connectivity index (χ4v) is 0.662. The third kappa shape index (κ3) is 5.97. The second-order valence-electron chi connectivity index (χ2n) is 2.71. The summed E-state index contributed by atoms with van der Waals surface area (Å²) in [6.45, 7) is 5.16. The van der Waals surface area contributed by atoms with E-state index in [4.69, 9.17) is 15.7 Å². The van der Waals surface area contributed by atoms with Gasteiger partial charge >= 0.3 is 0 Å². The standard InChI is InChI=1S/C6H15NO3/c1-5(4-9-7)10-6(2,3)8/h5,8H,4,7H2,1-3H3/t5-/m1/s1. The molecule has 1 atom stereocenters. The quantitative estimate of drug-likeness (QED) is 0.436. The lowest BCUT2D eigenvalue weighted by atomic mass is 10.3. The van der Waals surface area contributed by atoms with Crippen molar-refractivity contribution in [2.45, 2.75) is 32.7 Å². The topological polar surface area (TPSA) is 64.7 Å². The summed E-state index contributed by atoms with van der Waals surface area (Å²) in [4.78, 5) is 4.31. The first kappa shape index (κ1) is 9.84. The Morgan fingerprint density at radius 2 is 2.10 bits per heavy atom. The third-order valence-corrected chi connectivity index (χ3v) is 0.821. The molecule has 0 aromatic heterocycles. The molecule has 62 valence electrons. The summed E-state index contributed by atoms with van der Waals surface area (Å²) in [7, 11) is 0. The van der Waals surface area contributed by atoms with Crippen molar-refractivity contribution in [3.63, 3.8) is 0 Å². The van der Waals surface area contributed by atoms with Crippen molar-refractivity contribution in [3.05, 3.63) is 0 Å². The first-order chi connectivity index (χ1) is 4.45. The number of ether oxygens (including phenoxy) is 1. The molecule has 0 rings (SSSR count). The minimum Gasteiger partial charge on any atom is -0.366 e. The van der Waals surface area contributed by atoms with Crippen molar-refractivity contribution >= 4 is 0 Å². The van der Waals surface area contributed by atoms with E-state index in [2.05, 4.69) is 4.84 Å². The molecule has 0 amide bonds. The van der Waals surface area contributed by atoms with Crippen molar-refractivity contribution < 1.29 is 14.7 Å². The fourth-order valence-electron chi connectivity index (χ4n) is 0.662. The first-order valence-electron chi connectivity index (χ1n) is 3.17. The molecule has 0 saturated heterocycles. The maximum atomic E-state index is 9.10. The molecular formula is C6H15NO3. The summed E-state index contributed by atoms with van der Waals surface area (Å²) in [6.07, 6.45) is -0.190. The Bertz CT molecular complexity index is 89.5. The Kier molecular flexibility index (Phi) is 3.81. The lowest BCUT2D eigenvalue weighted by Gasteiger charge is -2.22. The largest absolute Gasteiger partial charge is 0.366 e. The van der Waals surface area contributed by atoms with Gasteiger partial charge in [-0.05, 0) is 20.8 Å². The van der Waals surface area contributed by atoms with E-state index in [1.54, 1.807) is 20.8 Å². The van der Waals surface area contributed by atoms with Crippen LogP contribution in [0.25, 0.3) is 0 Å². The highest BCUT2D eigenvalue weighted by Crippen LogP contribution is 2.06. The van der Waals surface area contributed by atoms with Crippen molar-refractivity contribution in [1.82, 2.24) is 0 Å². The molecule has 0 spiro atoms. The minimum absolute atomic E-state index is 0.190. The smallest absolute Gasteiger partial charge is 0.160 e. The zero-order valence-electron chi connectivity index (χ0n) is 6.63. The Hall–Kier alpha value is -0.160. The molecule has 3 N–H and O–H groups in total. The van der Waals surface area contributed by atoms with Crippen molar-refractivity contribution in [1.29, 1.82) is 0 Å². The van der Waals surface area contributed by atoms with Crippen LogP contribution in [0.4, 0.5) is 0 Å². The lowest BCUT2D eigenvalue weighted by molar-refractivity contribution is -0.211. The van der Waals surface area contributed by atoms with Gasteiger partial charge in [-0.2, -0.15) is 0 Å². The molecule has 0 aliphatic heterocycles. The highest BCUT2D eigenvalue weighted by atomic mass is 16.7. The second kappa shape index (κ2) is 3.88. The SMILES string of the molecule is C[C@H](CON)OC(C)(C)O. The van der Waals surface area contributed by atoms with Gasteiger partial charge in [-0.3, -0.25) is 0 Å². The molecule has 0 saturated carbocycles. The van der Waals surface area contributed by atoms with Gasteiger partial charge in [-0.25, -0.2) is 5.90 Å². The highest BCUT2D eigenvalue weighted by molar-refractivity contribution is 4.54. The Morgan fingerprint density at radius 1 is 1.60 bits per heavy atom. The molecule has 10 heavy (non-hydrogen) atoms. The van der Waals surface area contributed by atoms with Gasteiger partial charge in [-0.15, -0.1) is 0 Å². The normalized spacial score (nSPS) is 15.3. The van der Waals surface area contributed by atoms with Crippen molar-refractivity contribution in [3.8, 4) is 0 Å². The molecule has 0 bridgehead atoms. The maximum Gasteiger partial charge on any atom is 0.160 e. The minimum atomic E-state index is -1.11. The number of aliphatic hydroxyl groups is 1. The van der Waals surface area contributed by atoms with Gasteiger partial charge in [-0.1, -0.05) is 0 Å². The predicted octanol–water partition coefficient (Wildman–Crippen LogP) is 0.0102. The highest BCUT2D eigenvalue weighted by Gasteiger charge is 2.16. The summed E-state index contributed by atoms with van der Waals surface area (Å²) in [5.74, 6) is 3.67. The summed E-state index contributed by atoms with van der Waals surface area (Å²) >= 11 is 0. The Morgan fingerprint density at radius 3 is 2.40 bits per heavy atom. The number of nitrogens with two attached hydrogens (primary N) is 1. The van der Waals surface area contributed by atoms with Crippen LogP contribution in [-0.4, -0.2) is 23.6 Å². The van der Waals surface area contributed by atoms with E-state index in [1.165, 1.54) is 0 Å². The molecule has 0 aliphatic rings. The van der Waals surface area contributed by atoms with Crippen molar-refractivity contribution in [2.75, 3.05) is 6.61 Å². The summed E-state index contributed by atoms with van der Waals surface area (Å²) in [5, 5.41) is 9.10. The van der Waals surface area contributed by atoms with Gasteiger partial charge < -0.3 is 14.7 Å². The average molecular weight is 149 g/mol. The molecule has 0 aliphatic carbocycles. The predicted molar refractivity (Wildman–Crippen MR) is 37.0 cm³/mol. The third-order valence-electron chi connectivity index (χ3n) is 0.821. The van der Waals surface area contributed by atoms with Crippen LogP contribution >= 0.6 is 0 Å². The zero-order valence-corrected chi connectivity index (χ0v) is 6.63. The van der Waals surface area contributed by atoms with E-state index >= 15 is 0 Å². The van der Waals surface area contributed by atoms with Crippen LogP contribution in [0.2, 0.25) is 0 Å². The van der Waals surface area contributed by atoms with Crippen LogP contribution in [0, 0.1) is 0 Å². The van der Waals surface area contributed by atoms with Crippen LogP contribution in [0.1, 0.15) is 20.8 Å². The Labute approximate surface area is 60.9 Å². The lowest BCUT2D eigenvalue weighted by Crippen LogP contribution is -2.31. The van der Waals surface area contributed by atoms with Crippen LogP contribution < -0.4 is 5.90 Å². The molecule has 0 fully saturated rings. The molecule has 0 radical (unpaired) electrons. The van der Waals surface area contributed by atoms with Crippen molar-refractivity contribution in [2.24, 2.45) is 5.90 Å². The van der Waals surface area contributed by atoms with Crippen LogP contribution in [0.3, 0.4) is 0 Å². The first-order valence-corrected chi connectivity index (χ1v) is 3.17. The number of hydrogen-bond donors (Lipinski definition) is 2. The van der Waals surface area contributed by atoms with E-state index in [-0.39, 0.29) is 12.7 Å². The molecule has 4 heteroatoms. The summed E-state index contributed by atoms with van der Waals surface area (Å²) < 4.78 is 5.03. The Balaban J connectivity index is 3.47. The van der Waals surface area contributed by atoms with Gasteiger partial charge in [0.1, 0.15) is 0 Å². The van der Waals surface area contributed by atoms with Gasteiger partial charge in [0.15, 0.2) is 5.79 Å². The van der Waals surface area contributed by atoms with Gasteiger partial charge in [0.05, 0.1) is 12.7 Å². The van der Waals surface area contributed by atoms with E-state index in [1.807, 2.05) is 0 Å². The number of rotatable bonds is 4. The fraction of sp³-hybridized carbons (Fsp3) is 1.00. The molecule has 0 unspecified atom stereocenters.